The molecule has 0 spiro atoms. The molecule has 3 aromatic heterocycles. The van der Waals surface area contributed by atoms with Gasteiger partial charge in [-0.2, -0.15) is 0 Å². The van der Waals surface area contributed by atoms with Crippen molar-refractivity contribution >= 4 is 87.7 Å². The molecule has 0 bridgehead atoms. The van der Waals surface area contributed by atoms with Crippen LogP contribution >= 0.6 is 0 Å². The molecule has 0 saturated heterocycles. The highest BCUT2D eigenvalue weighted by Gasteiger charge is 2.30. The fourth-order valence-electron chi connectivity index (χ4n) is 12.5. The molecule has 9 aromatic carbocycles. The van der Waals surface area contributed by atoms with Gasteiger partial charge >= 0.3 is 0 Å². The molecular weight excluding hydrogens is 1060 g/mol. The lowest BCUT2D eigenvalue weighted by atomic mass is 9.94. The van der Waals surface area contributed by atoms with Crippen LogP contribution in [0.1, 0.15) is 33.4 Å². The molecule has 3 nitrogen and oxygen atoms in total. The van der Waals surface area contributed by atoms with Gasteiger partial charge in [-0.3, -0.25) is 0 Å². The minimum Gasteiger partial charge on any atom is -0.200 e. The second-order valence-corrected chi connectivity index (χ2v) is 38.3. The van der Waals surface area contributed by atoms with Crippen LogP contribution in [0.15, 0.2) is 237 Å². The van der Waals surface area contributed by atoms with Gasteiger partial charge in [-0.05, 0) is 116 Å². The van der Waals surface area contributed by atoms with Crippen molar-refractivity contribution in [3.8, 4) is 33.8 Å². The lowest BCUT2D eigenvalue weighted by Gasteiger charge is -2.24. The van der Waals surface area contributed by atoms with Crippen LogP contribution < -0.4 is 44.8 Å². The van der Waals surface area contributed by atoms with Gasteiger partial charge in [0.1, 0.15) is 45.4 Å². The predicted molar refractivity (Wildman–Crippen MR) is 370 cm³/mol. The third kappa shape index (κ3) is 11.9. The Labute approximate surface area is 504 Å². The molecule has 84 heavy (non-hydrogen) atoms. The topological polar surface area (TPSA) is 11.6 Å². The third-order valence-electron chi connectivity index (χ3n) is 18.2. The Morgan fingerprint density at radius 3 is 1.01 bits per heavy atom. The number of aromatic nitrogens is 3. The Morgan fingerprint density at radius 2 is 0.607 bits per heavy atom. The van der Waals surface area contributed by atoms with Crippen molar-refractivity contribution in [1.82, 2.24) is 0 Å². The minimum absolute atomic E-state index is 1.29. The van der Waals surface area contributed by atoms with Crippen LogP contribution in [0.5, 0.6) is 0 Å². The van der Waals surface area contributed by atoms with Gasteiger partial charge < -0.3 is 0 Å². The Hall–Kier alpha value is -8.14. The molecule has 0 aliphatic carbocycles. The second-order valence-electron chi connectivity index (χ2n) is 25.1. The normalized spacial score (nSPS) is 11.8. The van der Waals surface area contributed by atoms with Gasteiger partial charge in [-0.25, -0.2) is 13.7 Å². The number of pyridine rings is 3. The van der Waals surface area contributed by atoms with E-state index in [0.717, 1.165) is 0 Å². The average Bonchev–Trinajstić information content (AvgIpc) is 1.51. The van der Waals surface area contributed by atoms with E-state index in [4.69, 9.17) is 0 Å². The fourth-order valence-corrected chi connectivity index (χ4v) is 19.6. The van der Waals surface area contributed by atoms with Crippen molar-refractivity contribution in [2.24, 2.45) is 21.1 Å². The zero-order chi connectivity index (χ0) is 59.7. The summed E-state index contributed by atoms with van der Waals surface area (Å²) in [5, 5.41) is 16.8. The molecule has 420 valence electrons. The van der Waals surface area contributed by atoms with E-state index in [1.165, 1.54) is 131 Å². The zero-order valence-electron chi connectivity index (χ0n) is 52.4. The Bertz CT molecular complexity index is 4370. The third-order valence-corrected chi connectivity index (χ3v) is 28.8. The maximum Gasteiger partial charge on any atom is 0.220 e. The highest BCUT2D eigenvalue weighted by molar-refractivity contribution is 7.01. The largest absolute Gasteiger partial charge is 0.220 e. The highest BCUT2D eigenvalue weighted by Crippen LogP contribution is 2.32. The van der Waals surface area contributed by atoms with Crippen LogP contribution in [-0.4, -0.2) is 24.2 Å². The number of fused-ring (bicyclic) bond motifs is 3. The van der Waals surface area contributed by atoms with Crippen LogP contribution in [0, 0.1) is 41.5 Å². The number of benzene rings is 9. The number of hydrogen-bond donors (Lipinski definition) is 0. The van der Waals surface area contributed by atoms with E-state index in [0.29, 0.717) is 0 Å². The SMILES string of the molecule is Cc1cc(C)c(C)c(-c2c3ccc([Si](C)(C)c4ccccc4)cc3cc[n+]2C)c1.Cc1ccc(C)c(-c2c3ccc([Si](C)(C)c4ccccc4)cc3cc[n+]2C)c1.Cc1ccccc1-c1c2ccc([Si](C)(C)c3ccccc3)cc2cc[n+]1C. The summed E-state index contributed by atoms with van der Waals surface area (Å²) in [6, 6.07) is 81.0. The van der Waals surface area contributed by atoms with Gasteiger partial charge in [-0.1, -0.05) is 245 Å². The van der Waals surface area contributed by atoms with Crippen LogP contribution in [0.4, 0.5) is 0 Å². The van der Waals surface area contributed by atoms with Crippen molar-refractivity contribution in [3.05, 3.63) is 270 Å². The zero-order valence-corrected chi connectivity index (χ0v) is 55.4. The van der Waals surface area contributed by atoms with Crippen molar-refractivity contribution < 1.29 is 13.7 Å². The maximum absolute atomic E-state index is 2.45. The lowest BCUT2D eigenvalue weighted by molar-refractivity contribution is -0.659. The summed E-state index contributed by atoms with van der Waals surface area (Å²) >= 11 is 0. The summed E-state index contributed by atoms with van der Waals surface area (Å²) in [7, 11) is 1.31. The van der Waals surface area contributed by atoms with E-state index in [2.05, 4.69) is 353 Å². The molecule has 0 aliphatic heterocycles. The molecule has 12 rings (SSSR count). The minimum atomic E-state index is -1.72. The molecule has 0 fully saturated rings. The standard InChI is InChI=1S/C27H30NSi.C26H28NSi.C25H26NSi/c1-19-16-20(2)21(3)26(17-19)27-25-13-12-24(18-22(25)14-15-28(27)4)29(5,6)23-10-8-7-9-11-23;1-19-11-12-20(2)25(17-19)26-24-14-13-23(18-21(24)15-16-27(26)3)28(4,5)22-9-7-6-8-10-22;1-19-10-8-9-13-23(19)25-24-15-14-22(18-20(24)16-17-26(25)2)27(3,4)21-11-6-5-7-12-21/h7-18H,1-6H3;6-18H,1-5H3;5-18H,1-4H3/q3*+1. The van der Waals surface area contributed by atoms with E-state index >= 15 is 0 Å². The first kappa shape index (κ1) is 59.0. The van der Waals surface area contributed by atoms with E-state index in [1.807, 2.05) is 0 Å². The van der Waals surface area contributed by atoms with Crippen LogP contribution in [0.3, 0.4) is 0 Å². The first-order valence-corrected chi connectivity index (χ1v) is 38.8. The molecule has 0 saturated carbocycles. The van der Waals surface area contributed by atoms with Crippen molar-refractivity contribution in [3.63, 3.8) is 0 Å². The van der Waals surface area contributed by atoms with E-state index in [1.54, 1.807) is 0 Å². The van der Waals surface area contributed by atoms with E-state index < -0.39 is 24.2 Å². The fraction of sp³-hybridized carbons (Fsp3) is 0.192. The molecule has 6 heteroatoms. The summed E-state index contributed by atoms with van der Waals surface area (Å²) in [4.78, 5) is 0. The molecular formula is C78H84N3Si3+3. The van der Waals surface area contributed by atoms with Crippen molar-refractivity contribution in [2.45, 2.75) is 80.8 Å². The molecule has 3 heterocycles. The molecule has 0 amide bonds. The first-order valence-electron chi connectivity index (χ1n) is 29.8. The number of nitrogens with zero attached hydrogens (tertiary/aromatic N) is 3. The maximum atomic E-state index is 2.45. The lowest BCUT2D eigenvalue weighted by Crippen LogP contribution is -2.52. The van der Waals surface area contributed by atoms with Gasteiger partial charge in [-0.15, -0.1) is 0 Å². The quantitative estimate of drug-likeness (QED) is 0.101. The van der Waals surface area contributed by atoms with Gasteiger partial charge in [0.15, 0.2) is 18.6 Å². The first-order chi connectivity index (χ1) is 40.1. The Morgan fingerprint density at radius 1 is 0.262 bits per heavy atom. The molecule has 12 aromatic rings. The molecule has 0 unspecified atom stereocenters. The predicted octanol–water partition coefficient (Wildman–Crippen LogP) is 14.3. The Kier molecular flexibility index (Phi) is 17.0. The Balaban J connectivity index is 0.000000140. The van der Waals surface area contributed by atoms with E-state index in [9.17, 15) is 0 Å². The molecule has 0 radical (unpaired) electrons. The van der Waals surface area contributed by atoms with Gasteiger partial charge in [0, 0.05) is 29.3 Å². The van der Waals surface area contributed by atoms with Crippen LogP contribution in [0.2, 0.25) is 39.3 Å². The van der Waals surface area contributed by atoms with Gasteiger partial charge in [0.05, 0.1) is 21.7 Å². The molecule has 0 aliphatic rings. The summed E-state index contributed by atoms with van der Waals surface area (Å²) in [6.45, 7) is 27.8. The summed E-state index contributed by atoms with van der Waals surface area (Å²) < 4.78 is 6.76. The summed E-state index contributed by atoms with van der Waals surface area (Å²) in [6.07, 6.45) is 6.58. The molecule has 0 N–H and O–H groups in total. The van der Waals surface area contributed by atoms with Crippen molar-refractivity contribution in [2.75, 3.05) is 0 Å². The average molecular weight is 1150 g/mol. The summed E-state index contributed by atoms with van der Waals surface area (Å²) in [5.74, 6) is 0. The molecule has 0 atom stereocenters. The second kappa shape index (κ2) is 24.2. The number of aryl methyl sites for hydroxylation is 8. The van der Waals surface area contributed by atoms with Gasteiger partial charge in [0.2, 0.25) is 17.1 Å². The van der Waals surface area contributed by atoms with Crippen LogP contribution in [-0.2, 0) is 21.1 Å². The number of hydrogen-bond acceptors (Lipinski definition) is 0. The monoisotopic (exact) mass is 1150 g/mol. The summed E-state index contributed by atoms with van der Waals surface area (Å²) in [5.41, 5.74) is 15.8. The smallest absolute Gasteiger partial charge is 0.200 e. The van der Waals surface area contributed by atoms with E-state index in [-0.39, 0.29) is 0 Å². The highest BCUT2D eigenvalue weighted by atomic mass is 28.3. The van der Waals surface area contributed by atoms with Gasteiger partial charge in [0.25, 0.3) is 0 Å². The number of rotatable bonds is 9. The van der Waals surface area contributed by atoms with Crippen LogP contribution in [0.25, 0.3) is 66.1 Å². The van der Waals surface area contributed by atoms with Crippen molar-refractivity contribution in [1.29, 1.82) is 0 Å².